The van der Waals surface area contributed by atoms with Gasteiger partial charge in [0.15, 0.2) is 0 Å². The summed E-state index contributed by atoms with van der Waals surface area (Å²) in [5.41, 5.74) is 0.427. The Kier molecular flexibility index (Phi) is 5.98. The van der Waals surface area contributed by atoms with E-state index in [-0.39, 0.29) is 11.4 Å². The lowest BCUT2D eigenvalue weighted by Gasteiger charge is -2.16. The van der Waals surface area contributed by atoms with Gasteiger partial charge in [-0.15, -0.1) is 0 Å². The summed E-state index contributed by atoms with van der Waals surface area (Å²) in [6.45, 7) is 1.84. The van der Waals surface area contributed by atoms with Crippen LogP contribution in [0.1, 0.15) is 43.3 Å². The number of aromatic nitrogens is 4. The minimum atomic E-state index is -0.618. The number of carbonyl (C=O) groups excluding carboxylic acids is 1. The number of nitriles is 1. The predicted molar refractivity (Wildman–Crippen MR) is 115 cm³/mol. The van der Waals surface area contributed by atoms with Crippen molar-refractivity contribution in [3.8, 4) is 17.5 Å². The summed E-state index contributed by atoms with van der Waals surface area (Å²) in [4.78, 5) is 43.5. The van der Waals surface area contributed by atoms with E-state index in [2.05, 4.69) is 15.5 Å². The van der Waals surface area contributed by atoms with Gasteiger partial charge in [-0.05, 0) is 37.5 Å². The monoisotopic (exact) mass is 434 g/mol. The van der Waals surface area contributed by atoms with Crippen LogP contribution in [0, 0.1) is 11.3 Å². The first-order chi connectivity index (χ1) is 15.5. The first-order valence-corrected chi connectivity index (χ1v) is 10.5. The lowest BCUT2D eigenvalue weighted by atomic mass is 10.1. The molecule has 0 saturated heterocycles. The zero-order valence-electron chi connectivity index (χ0n) is 17.6. The molecule has 1 amide bonds. The summed E-state index contributed by atoms with van der Waals surface area (Å²) in [7, 11) is 0. The van der Waals surface area contributed by atoms with E-state index in [1.807, 2.05) is 13.0 Å². The summed E-state index contributed by atoms with van der Waals surface area (Å²) in [5.74, 6) is -0.0326. The summed E-state index contributed by atoms with van der Waals surface area (Å²) in [6, 6.07) is 8.39. The van der Waals surface area contributed by atoms with Gasteiger partial charge in [0.05, 0.1) is 11.6 Å². The number of hydrogen-bond donors (Lipinski definition) is 1. The zero-order chi connectivity index (χ0) is 22.7. The number of amides is 1. The van der Waals surface area contributed by atoms with Crippen molar-refractivity contribution >= 4 is 11.6 Å². The number of anilines is 1. The fourth-order valence-electron chi connectivity index (χ4n) is 3.85. The predicted octanol–water partition coefficient (Wildman–Crippen LogP) is 1.86. The molecule has 2 aromatic heterocycles. The smallest absolute Gasteiger partial charge is 0.331 e. The Bertz CT molecular complexity index is 1330. The number of rotatable bonds is 5. The highest BCUT2D eigenvalue weighted by Crippen LogP contribution is 2.21. The van der Waals surface area contributed by atoms with Crippen LogP contribution < -0.4 is 16.6 Å². The van der Waals surface area contributed by atoms with Gasteiger partial charge in [0.1, 0.15) is 12.1 Å². The third-order valence-corrected chi connectivity index (χ3v) is 5.40. The Hall–Kier alpha value is -4.00. The van der Waals surface area contributed by atoms with Crippen LogP contribution >= 0.6 is 0 Å². The lowest BCUT2D eigenvalue weighted by molar-refractivity contribution is -0.116. The van der Waals surface area contributed by atoms with Crippen molar-refractivity contribution in [2.45, 2.75) is 52.1 Å². The molecule has 0 bridgehead atoms. The van der Waals surface area contributed by atoms with Gasteiger partial charge >= 0.3 is 5.69 Å². The second-order valence-electron chi connectivity index (χ2n) is 7.56. The molecule has 10 nitrogen and oxygen atoms in total. The van der Waals surface area contributed by atoms with Crippen molar-refractivity contribution < 1.29 is 9.32 Å². The number of carbonyl (C=O) groups is 1. The van der Waals surface area contributed by atoms with Crippen LogP contribution in [-0.4, -0.2) is 25.2 Å². The Morgan fingerprint density at radius 3 is 2.88 bits per heavy atom. The maximum Gasteiger partial charge on any atom is 0.331 e. The Morgan fingerprint density at radius 2 is 2.12 bits per heavy atom. The molecule has 3 heterocycles. The number of fused-ring (bicyclic) bond motifs is 1. The van der Waals surface area contributed by atoms with Crippen LogP contribution in [0.15, 0.2) is 38.4 Å². The van der Waals surface area contributed by atoms with Gasteiger partial charge in [-0.3, -0.25) is 18.7 Å². The molecule has 1 aromatic carbocycles. The standard InChI is InChI=1S/C22H22N6O4/c1-2-18-25-20(26-32-18)19-16-9-4-3-5-10-27(16)22(31)28(21(19)30)13-17(29)24-15-8-6-7-14(11-15)12-23/h6-8,11H,2-5,9-10,13H2,1H3,(H,24,29). The third-order valence-electron chi connectivity index (χ3n) is 5.40. The topological polar surface area (TPSA) is 136 Å². The average Bonchev–Trinajstić information content (AvgIpc) is 3.13. The van der Waals surface area contributed by atoms with Crippen LogP contribution in [-0.2, 0) is 30.7 Å². The quantitative estimate of drug-likeness (QED) is 0.647. The normalized spacial score (nSPS) is 13.1. The highest BCUT2D eigenvalue weighted by molar-refractivity contribution is 5.90. The summed E-state index contributed by atoms with van der Waals surface area (Å²) in [5, 5.41) is 15.6. The first-order valence-electron chi connectivity index (χ1n) is 10.5. The molecule has 1 N–H and O–H groups in total. The van der Waals surface area contributed by atoms with E-state index < -0.39 is 23.7 Å². The maximum atomic E-state index is 13.4. The summed E-state index contributed by atoms with van der Waals surface area (Å²) >= 11 is 0. The number of nitrogens with one attached hydrogen (secondary N) is 1. The second kappa shape index (κ2) is 9.01. The summed E-state index contributed by atoms with van der Waals surface area (Å²) in [6.07, 6.45) is 3.62. The van der Waals surface area contributed by atoms with Crippen molar-refractivity contribution in [3.05, 3.63) is 62.3 Å². The molecule has 1 aliphatic heterocycles. The van der Waals surface area contributed by atoms with Crippen molar-refractivity contribution in [2.75, 3.05) is 5.32 Å². The van der Waals surface area contributed by atoms with Gasteiger partial charge in [0.2, 0.25) is 17.6 Å². The van der Waals surface area contributed by atoms with Gasteiger partial charge in [0, 0.05) is 24.3 Å². The fraction of sp³-hybridized carbons (Fsp3) is 0.364. The highest BCUT2D eigenvalue weighted by atomic mass is 16.5. The van der Waals surface area contributed by atoms with Gasteiger partial charge in [0.25, 0.3) is 5.56 Å². The van der Waals surface area contributed by atoms with Crippen LogP contribution in [0.2, 0.25) is 0 Å². The Balaban J connectivity index is 1.76. The largest absolute Gasteiger partial charge is 0.339 e. The molecule has 32 heavy (non-hydrogen) atoms. The molecule has 3 aromatic rings. The first kappa shape index (κ1) is 21.2. The van der Waals surface area contributed by atoms with E-state index in [1.165, 1.54) is 6.07 Å². The molecule has 0 unspecified atom stereocenters. The number of aryl methyl sites for hydroxylation is 1. The third kappa shape index (κ3) is 4.09. The van der Waals surface area contributed by atoms with Crippen molar-refractivity contribution in [2.24, 2.45) is 0 Å². The van der Waals surface area contributed by atoms with Crippen LogP contribution in [0.3, 0.4) is 0 Å². The van der Waals surface area contributed by atoms with E-state index in [1.54, 1.807) is 22.8 Å². The van der Waals surface area contributed by atoms with Crippen LogP contribution in [0.25, 0.3) is 11.4 Å². The zero-order valence-corrected chi connectivity index (χ0v) is 17.6. The van der Waals surface area contributed by atoms with E-state index in [4.69, 9.17) is 9.78 Å². The van der Waals surface area contributed by atoms with E-state index >= 15 is 0 Å². The van der Waals surface area contributed by atoms with E-state index in [0.29, 0.717) is 42.2 Å². The van der Waals surface area contributed by atoms with Crippen LogP contribution in [0.5, 0.6) is 0 Å². The van der Waals surface area contributed by atoms with Gasteiger partial charge < -0.3 is 9.84 Å². The molecule has 0 radical (unpaired) electrons. The maximum absolute atomic E-state index is 13.4. The molecule has 0 spiro atoms. The van der Waals surface area contributed by atoms with Gasteiger partial charge in [-0.1, -0.05) is 24.6 Å². The van der Waals surface area contributed by atoms with E-state index in [0.717, 1.165) is 23.8 Å². The molecule has 164 valence electrons. The summed E-state index contributed by atoms with van der Waals surface area (Å²) < 4.78 is 7.66. The van der Waals surface area contributed by atoms with Crippen molar-refractivity contribution in [1.82, 2.24) is 19.3 Å². The molecule has 1 aliphatic rings. The Morgan fingerprint density at radius 1 is 1.28 bits per heavy atom. The van der Waals surface area contributed by atoms with Crippen molar-refractivity contribution in [3.63, 3.8) is 0 Å². The van der Waals surface area contributed by atoms with Gasteiger partial charge in [-0.2, -0.15) is 10.2 Å². The number of nitrogens with zero attached hydrogens (tertiary/aromatic N) is 5. The molecule has 0 aliphatic carbocycles. The molecular weight excluding hydrogens is 412 g/mol. The molecule has 4 rings (SSSR count). The lowest BCUT2D eigenvalue weighted by Crippen LogP contribution is -2.44. The fourth-order valence-corrected chi connectivity index (χ4v) is 3.85. The van der Waals surface area contributed by atoms with E-state index in [9.17, 15) is 14.4 Å². The Labute approximate surface area is 183 Å². The molecule has 0 fully saturated rings. The van der Waals surface area contributed by atoms with Gasteiger partial charge in [-0.25, -0.2) is 4.79 Å². The minimum absolute atomic E-state index is 0.133. The average molecular weight is 434 g/mol. The highest BCUT2D eigenvalue weighted by Gasteiger charge is 2.25. The molecule has 0 saturated carbocycles. The minimum Gasteiger partial charge on any atom is -0.339 e. The molecule has 10 heteroatoms. The number of hydrogen-bond acceptors (Lipinski definition) is 7. The second-order valence-corrected chi connectivity index (χ2v) is 7.56. The molecular formula is C22H22N6O4. The number of benzene rings is 1. The SMILES string of the molecule is CCc1nc(-c2c3n(c(=O)n(CC(=O)Nc4cccc(C#N)c4)c2=O)CCCCC3)no1. The van der Waals surface area contributed by atoms with Crippen molar-refractivity contribution in [1.29, 1.82) is 5.26 Å². The molecule has 0 atom stereocenters. The van der Waals surface area contributed by atoms with Crippen LogP contribution in [0.4, 0.5) is 5.69 Å².